The highest BCUT2D eigenvalue weighted by Crippen LogP contribution is 2.29. The van der Waals surface area contributed by atoms with Crippen molar-refractivity contribution < 1.29 is 14.3 Å². The second-order valence-corrected chi connectivity index (χ2v) is 4.81. The molecule has 1 aromatic carbocycles. The van der Waals surface area contributed by atoms with Crippen molar-refractivity contribution in [3.8, 4) is 0 Å². The molecule has 0 amide bonds. The van der Waals surface area contributed by atoms with Crippen molar-refractivity contribution in [2.75, 3.05) is 11.4 Å². The number of aryl methyl sites for hydroxylation is 2. The Balaban J connectivity index is 2.65. The molecule has 0 saturated heterocycles. The largest absolute Gasteiger partial charge is 0.478 e. The summed E-state index contributed by atoms with van der Waals surface area (Å²) in [7, 11) is 0. The molecule has 5 heteroatoms. The van der Waals surface area contributed by atoms with E-state index in [-0.39, 0.29) is 11.4 Å². The highest BCUT2D eigenvalue weighted by atomic mass is 19.1. The summed E-state index contributed by atoms with van der Waals surface area (Å²) in [6, 6.07) is 7.78. The molecule has 1 N–H and O–H groups in total. The first-order valence-corrected chi connectivity index (χ1v) is 6.68. The number of hydrogen-bond acceptors (Lipinski definition) is 3. The van der Waals surface area contributed by atoms with Crippen LogP contribution in [-0.4, -0.2) is 22.6 Å². The summed E-state index contributed by atoms with van der Waals surface area (Å²) in [5.41, 5.74) is 2.09. The van der Waals surface area contributed by atoms with Crippen LogP contribution in [0.3, 0.4) is 0 Å². The molecule has 0 aliphatic heterocycles. The standard InChI is InChI=1S/C16H17FN2O2/c1-4-19(13-7-5-6-12(17)9-13)15-14(16(20)21)10(2)8-11(3)18-15/h5-9H,4H2,1-3H3,(H,20,21). The zero-order valence-electron chi connectivity index (χ0n) is 12.2. The maximum atomic E-state index is 13.4. The van der Waals surface area contributed by atoms with Crippen molar-refractivity contribution in [3.63, 3.8) is 0 Å². The number of benzene rings is 1. The first-order chi connectivity index (χ1) is 9.93. The molecule has 4 nitrogen and oxygen atoms in total. The fraction of sp³-hybridized carbons (Fsp3) is 0.250. The smallest absolute Gasteiger partial charge is 0.339 e. The number of pyridine rings is 1. The molecule has 2 rings (SSSR count). The van der Waals surface area contributed by atoms with E-state index < -0.39 is 5.97 Å². The predicted octanol–water partition coefficient (Wildman–Crippen LogP) is 3.69. The minimum Gasteiger partial charge on any atom is -0.478 e. The van der Waals surface area contributed by atoms with Gasteiger partial charge >= 0.3 is 5.97 Å². The van der Waals surface area contributed by atoms with E-state index in [0.29, 0.717) is 23.6 Å². The Labute approximate surface area is 122 Å². The first-order valence-electron chi connectivity index (χ1n) is 6.68. The van der Waals surface area contributed by atoms with Gasteiger partial charge in [-0.05, 0) is 50.6 Å². The van der Waals surface area contributed by atoms with Crippen molar-refractivity contribution in [1.82, 2.24) is 4.98 Å². The van der Waals surface area contributed by atoms with Gasteiger partial charge in [0.2, 0.25) is 0 Å². The molecule has 2 aromatic rings. The summed E-state index contributed by atoms with van der Waals surface area (Å²) in [6.45, 7) is 5.90. The third-order valence-corrected chi connectivity index (χ3v) is 3.23. The Morgan fingerprint density at radius 3 is 2.62 bits per heavy atom. The van der Waals surface area contributed by atoms with E-state index in [9.17, 15) is 14.3 Å². The van der Waals surface area contributed by atoms with Crippen LogP contribution in [0.5, 0.6) is 0 Å². The minimum atomic E-state index is -1.04. The average molecular weight is 288 g/mol. The van der Waals surface area contributed by atoms with Crippen LogP contribution in [0.4, 0.5) is 15.9 Å². The molecule has 0 fully saturated rings. The summed E-state index contributed by atoms with van der Waals surface area (Å²) in [5, 5.41) is 9.44. The van der Waals surface area contributed by atoms with Gasteiger partial charge in [0.1, 0.15) is 17.2 Å². The Bertz CT molecular complexity index is 686. The zero-order chi connectivity index (χ0) is 15.6. The van der Waals surface area contributed by atoms with Gasteiger partial charge in [-0.25, -0.2) is 14.2 Å². The second-order valence-electron chi connectivity index (χ2n) is 4.81. The second kappa shape index (κ2) is 5.91. The Morgan fingerprint density at radius 1 is 1.33 bits per heavy atom. The summed E-state index contributed by atoms with van der Waals surface area (Å²) < 4.78 is 13.4. The van der Waals surface area contributed by atoms with Crippen molar-refractivity contribution in [3.05, 3.63) is 53.0 Å². The SMILES string of the molecule is CCN(c1cccc(F)c1)c1nc(C)cc(C)c1C(=O)O. The third kappa shape index (κ3) is 3.02. The molecule has 0 atom stereocenters. The average Bonchev–Trinajstić information content (AvgIpc) is 2.38. The number of anilines is 2. The van der Waals surface area contributed by atoms with E-state index in [0.717, 1.165) is 5.69 Å². The number of hydrogen-bond donors (Lipinski definition) is 1. The van der Waals surface area contributed by atoms with E-state index in [1.54, 1.807) is 30.0 Å². The highest BCUT2D eigenvalue weighted by Gasteiger charge is 2.21. The number of halogens is 1. The lowest BCUT2D eigenvalue weighted by Crippen LogP contribution is -2.22. The molecule has 0 saturated carbocycles. The van der Waals surface area contributed by atoms with Crippen LogP contribution < -0.4 is 4.90 Å². The molecule has 1 heterocycles. The molecular formula is C16H17FN2O2. The van der Waals surface area contributed by atoms with Gasteiger partial charge < -0.3 is 10.0 Å². The molecule has 0 aliphatic rings. The highest BCUT2D eigenvalue weighted by molar-refractivity contribution is 5.96. The van der Waals surface area contributed by atoms with Gasteiger partial charge in [-0.3, -0.25) is 0 Å². The monoisotopic (exact) mass is 288 g/mol. The number of aromatic nitrogens is 1. The van der Waals surface area contributed by atoms with Crippen LogP contribution in [0.15, 0.2) is 30.3 Å². The zero-order valence-corrected chi connectivity index (χ0v) is 12.2. The normalized spacial score (nSPS) is 10.5. The molecule has 21 heavy (non-hydrogen) atoms. The maximum Gasteiger partial charge on any atom is 0.339 e. The van der Waals surface area contributed by atoms with Crippen molar-refractivity contribution in [1.29, 1.82) is 0 Å². The predicted molar refractivity (Wildman–Crippen MR) is 79.8 cm³/mol. The lowest BCUT2D eigenvalue weighted by atomic mass is 10.1. The molecular weight excluding hydrogens is 271 g/mol. The number of rotatable bonds is 4. The maximum absolute atomic E-state index is 13.4. The van der Waals surface area contributed by atoms with Gasteiger partial charge in [0.05, 0.1) is 0 Å². The Hall–Kier alpha value is -2.43. The van der Waals surface area contributed by atoms with E-state index in [1.807, 2.05) is 13.8 Å². The van der Waals surface area contributed by atoms with E-state index in [1.165, 1.54) is 12.1 Å². The molecule has 0 radical (unpaired) electrons. The quantitative estimate of drug-likeness (QED) is 0.932. The van der Waals surface area contributed by atoms with Crippen molar-refractivity contribution >= 4 is 17.5 Å². The number of nitrogens with zero attached hydrogens (tertiary/aromatic N) is 2. The third-order valence-electron chi connectivity index (χ3n) is 3.23. The molecule has 0 spiro atoms. The fourth-order valence-corrected chi connectivity index (χ4v) is 2.38. The van der Waals surface area contributed by atoms with Gasteiger partial charge in [0, 0.05) is 17.9 Å². The van der Waals surface area contributed by atoms with Crippen molar-refractivity contribution in [2.24, 2.45) is 0 Å². The van der Waals surface area contributed by atoms with Crippen LogP contribution in [0.25, 0.3) is 0 Å². The van der Waals surface area contributed by atoms with Gasteiger partial charge in [-0.1, -0.05) is 6.07 Å². The number of carbonyl (C=O) groups is 1. The summed E-state index contributed by atoms with van der Waals surface area (Å²) in [5.74, 6) is -1.06. The van der Waals surface area contributed by atoms with Crippen LogP contribution in [-0.2, 0) is 0 Å². The van der Waals surface area contributed by atoms with Crippen LogP contribution in [0.1, 0.15) is 28.5 Å². The van der Waals surface area contributed by atoms with Crippen molar-refractivity contribution in [2.45, 2.75) is 20.8 Å². The lowest BCUT2D eigenvalue weighted by Gasteiger charge is -2.25. The van der Waals surface area contributed by atoms with E-state index in [4.69, 9.17) is 0 Å². The van der Waals surface area contributed by atoms with Gasteiger partial charge in [-0.15, -0.1) is 0 Å². The first kappa shape index (κ1) is 15.0. The van der Waals surface area contributed by atoms with Gasteiger partial charge in [0.25, 0.3) is 0 Å². The fourth-order valence-electron chi connectivity index (χ4n) is 2.38. The van der Waals surface area contributed by atoms with Crippen LogP contribution in [0.2, 0.25) is 0 Å². The summed E-state index contributed by atoms with van der Waals surface area (Å²) in [6.07, 6.45) is 0. The van der Waals surface area contributed by atoms with E-state index in [2.05, 4.69) is 4.98 Å². The Morgan fingerprint density at radius 2 is 2.05 bits per heavy atom. The minimum absolute atomic E-state index is 0.145. The number of carboxylic acids is 1. The molecule has 0 unspecified atom stereocenters. The molecule has 110 valence electrons. The number of aromatic carboxylic acids is 1. The van der Waals surface area contributed by atoms with Crippen LogP contribution >= 0.6 is 0 Å². The van der Waals surface area contributed by atoms with Gasteiger partial charge in [0.15, 0.2) is 0 Å². The topological polar surface area (TPSA) is 53.4 Å². The number of carboxylic acid groups (broad SMARTS) is 1. The summed E-state index contributed by atoms with van der Waals surface area (Å²) >= 11 is 0. The molecule has 1 aromatic heterocycles. The van der Waals surface area contributed by atoms with Gasteiger partial charge in [-0.2, -0.15) is 0 Å². The molecule has 0 bridgehead atoms. The summed E-state index contributed by atoms with van der Waals surface area (Å²) in [4.78, 5) is 17.6. The Kier molecular flexibility index (Phi) is 4.21. The van der Waals surface area contributed by atoms with E-state index >= 15 is 0 Å². The molecule has 0 aliphatic carbocycles. The lowest BCUT2D eigenvalue weighted by molar-refractivity contribution is 0.0696. The van der Waals surface area contributed by atoms with Crippen LogP contribution in [0, 0.1) is 19.7 Å².